The number of fused-ring (bicyclic) bond motifs is 2. The molecule has 1 unspecified atom stereocenters. The number of benzene rings is 1. The van der Waals surface area contributed by atoms with Crippen molar-refractivity contribution in [3.05, 3.63) is 62.8 Å². The van der Waals surface area contributed by atoms with E-state index in [9.17, 15) is 0 Å². The van der Waals surface area contributed by atoms with Gasteiger partial charge in [-0.1, -0.05) is 0 Å². The third kappa shape index (κ3) is 2.46. The molecule has 4 rings (SSSR count). The molecule has 0 aromatic heterocycles. The summed E-state index contributed by atoms with van der Waals surface area (Å²) in [4.78, 5) is 0. The number of rotatable bonds is 2. The molecule has 3 aliphatic rings. The Morgan fingerprint density at radius 1 is 0.862 bits per heavy atom. The van der Waals surface area contributed by atoms with Crippen molar-refractivity contribution in [1.29, 1.82) is 0 Å². The average Bonchev–Trinajstić information content (AvgIpc) is 3.29. The first kappa shape index (κ1) is 21.5. The van der Waals surface area contributed by atoms with E-state index in [1.54, 1.807) is 39.0 Å². The third-order valence-electron chi connectivity index (χ3n) is 9.81. The van der Waals surface area contributed by atoms with Gasteiger partial charge in [0.1, 0.15) is 0 Å². The Balaban J connectivity index is 2.03. The number of hydrogen-bond acceptors (Lipinski definition) is 0. The molecule has 0 saturated carbocycles. The minimum atomic E-state index is -3.13. The third-order valence-corrected chi connectivity index (χ3v) is 32.8. The summed E-state index contributed by atoms with van der Waals surface area (Å²) in [6.45, 7) is 19.8. The fourth-order valence-corrected chi connectivity index (χ4v) is 30.1. The number of aryl methyl sites for hydroxylation is 2. The van der Waals surface area contributed by atoms with Gasteiger partial charge >= 0.3 is 185 Å². The Morgan fingerprint density at radius 2 is 1.38 bits per heavy atom. The molecular formula is C28H40Hf. The second-order valence-corrected chi connectivity index (χ2v) is 29.8. The molecule has 29 heavy (non-hydrogen) atoms. The molecule has 1 heteroatoms. The average molecular weight is 555 g/mol. The Labute approximate surface area is 183 Å². The number of hydrogen-bond donors (Lipinski definition) is 0. The van der Waals surface area contributed by atoms with Crippen LogP contribution in [-0.2, 0) is 36.0 Å². The minimum absolute atomic E-state index is 0.203. The summed E-state index contributed by atoms with van der Waals surface area (Å²) in [7, 11) is 0. The van der Waals surface area contributed by atoms with E-state index < -0.39 is 20.0 Å². The molecule has 0 aliphatic heterocycles. The van der Waals surface area contributed by atoms with Crippen molar-refractivity contribution < 1.29 is 20.0 Å². The quantitative estimate of drug-likeness (QED) is 0.321. The molecule has 0 N–H and O–H groups in total. The van der Waals surface area contributed by atoms with Gasteiger partial charge in [-0.2, -0.15) is 0 Å². The SMILES string of the molecule is CC1=C(C)[C](C)([Hf]([CH3])([CH3])[C]2(C(C)(C)C)C=Cc3cc4c(cc32)CCC4)C(C)=C1C. The van der Waals surface area contributed by atoms with Crippen molar-refractivity contribution in [3.63, 3.8) is 0 Å². The van der Waals surface area contributed by atoms with E-state index in [-0.39, 0.29) is 11.8 Å². The van der Waals surface area contributed by atoms with Crippen LogP contribution in [0.3, 0.4) is 0 Å². The summed E-state index contributed by atoms with van der Waals surface area (Å²) >= 11 is -3.13. The molecular weight excluding hydrogens is 515 g/mol. The second kappa shape index (κ2) is 6.41. The van der Waals surface area contributed by atoms with Crippen LogP contribution in [0.4, 0.5) is 0 Å². The van der Waals surface area contributed by atoms with E-state index in [4.69, 9.17) is 0 Å². The van der Waals surface area contributed by atoms with Crippen LogP contribution in [0.15, 0.2) is 40.5 Å². The van der Waals surface area contributed by atoms with Gasteiger partial charge < -0.3 is 0 Å². The topological polar surface area (TPSA) is 0 Å². The van der Waals surface area contributed by atoms with Crippen molar-refractivity contribution in [1.82, 2.24) is 0 Å². The van der Waals surface area contributed by atoms with Crippen LogP contribution in [0.25, 0.3) is 6.08 Å². The molecule has 0 fully saturated rings. The Bertz CT molecular complexity index is 966. The molecule has 1 aromatic rings. The molecule has 1 atom stereocenters. The van der Waals surface area contributed by atoms with Crippen LogP contribution >= 0.6 is 0 Å². The van der Waals surface area contributed by atoms with Gasteiger partial charge in [0.05, 0.1) is 0 Å². The van der Waals surface area contributed by atoms with Crippen molar-refractivity contribution in [2.24, 2.45) is 5.41 Å². The molecule has 0 spiro atoms. The second-order valence-electron chi connectivity index (χ2n) is 11.7. The van der Waals surface area contributed by atoms with E-state index in [2.05, 4.69) is 89.0 Å². The zero-order valence-electron chi connectivity index (χ0n) is 20.4. The Hall–Kier alpha value is -0.690. The normalized spacial score (nSPS) is 25.9. The van der Waals surface area contributed by atoms with E-state index in [0.29, 0.717) is 0 Å². The molecule has 0 radical (unpaired) electrons. The number of allylic oxidation sites excluding steroid dienone is 5. The maximum absolute atomic E-state index is 3.13. The standard InChI is InChI=1S/C16H19.C10H15.2CH3.Hf/c1-16(2,3)15-8-7-13-9-11-5-4-6-12(11)10-14(13)15;1-6-7(2)9(4)10(5)8(6)3;;;/h7-10H,4-6H2,1-3H3;1-5H3;2*1H3;. The monoisotopic (exact) mass is 556 g/mol. The Kier molecular flexibility index (Phi) is 4.76. The van der Waals surface area contributed by atoms with E-state index in [0.717, 1.165) is 0 Å². The zero-order chi connectivity index (χ0) is 21.6. The first-order valence-electron chi connectivity index (χ1n) is 11.5. The van der Waals surface area contributed by atoms with Crippen LogP contribution in [0, 0.1) is 5.41 Å². The summed E-state index contributed by atoms with van der Waals surface area (Å²) in [5.74, 6) is 0. The molecule has 1 aromatic carbocycles. The van der Waals surface area contributed by atoms with Crippen molar-refractivity contribution in [2.75, 3.05) is 0 Å². The first-order valence-corrected chi connectivity index (χ1v) is 22.3. The van der Waals surface area contributed by atoms with Gasteiger partial charge in [0.25, 0.3) is 0 Å². The van der Waals surface area contributed by atoms with Crippen LogP contribution in [-0.4, -0.2) is 0 Å². The fourth-order valence-electron chi connectivity index (χ4n) is 7.49. The molecule has 0 saturated heterocycles. The summed E-state index contributed by atoms with van der Waals surface area (Å²) in [5, 5.41) is 0. The van der Waals surface area contributed by atoms with Gasteiger partial charge in [0.2, 0.25) is 0 Å². The van der Waals surface area contributed by atoms with Crippen molar-refractivity contribution in [2.45, 2.75) is 90.4 Å². The zero-order valence-corrected chi connectivity index (χ0v) is 24.0. The summed E-state index contributed by atoms with van der Waals surface area (Å²) in [6.07, 6.45) is 9.05. The summed E-state index contributed by atoms with van der Waals surface area (Å²) in [6, 6.07) is 5.20. The van der Waals surface area contributed by atoms with Gasteiger partial charge in [-0.25, -0.2) is 0 Å². The summed E-state index contributed by atoms with van der Waals surface area (Å²) in [5.41, 5.74) is 13.1. The van der Waals surface area contributed by atoms with Gasteiger partial charge in [0.15, 0.2) is 0 Å². The molecule has 0 heterocycles. The fraction of sp³-hybridized carbons (Fsp3) is 0.571. The van der Waals surface area contributed by atoms with Gasteiger partial charge in [-0.05, 0) is 0 Å². The maximum atomic E-state index is 2.77. The molecule has 0 amide bonds. The van der Waals surface area contributed by atoms with Gasteiger partial charge in [-0.3, -0.25) is 0 Å². The first-order chi connectivity index (χ1) is 13.3. The molecule has 0 bridgehead atoms. The van der Waals surface area contributed by atoms with Crippen LogP contribution in [0.2, 0.25) is 12.5 Å². The van der Waals surface area contributed by atoms with E-state index in [1.165, 1.54) is 24.8 Å². The van der Waals surface area contributed by atoms with Crippen LogP contribution in [0.1, 0.15) is 84.1 Å². The van der Waals surface area contributed by atoms with Crippen molar-refractivity contribution >= 4 is 6.08 Å². The van der Waals surface area contributed by atoms with Gasteiger partial charge in [-0.15, -0.1) is 0 Å². The van der Waals surface area contributed by atoms with Crippen LogP contribution < -0.4 is 0 Å². The van der Waals surface area contributed by atoms with E-state index in [1.807, 2.05) is 0 Å². The van der Waals surface area contributed by atoms with Gasteiger partial charge in [0, 0.05) is 0 Å². The van der Waals surface area contributed by atoms with E-state index >= 15 is 0 Å². The Morgan fingerprint density at radius 3 is 1.90 bits per heavy atom. The van der Waals surface area contributed by atoms with Crippen molar-refractivity contribution in [3.8, 4) is 0 Å². The van der Waals surface area contributed by atoms with Crippen LogP contribution in [0.5, 0.6) is 0 Å². The summed E-state index contributed by atoms with van der Waals surface area (Å²) < 4.78 is 6.00. The molecule has 156 valence electrons. The predicted octanol–water partition coefficient (Wildman–Crippen LogP) is 8.56. The molecule has 0 nitrogen and oxygen atoms in total. The molecule has 3 aliphatic carbocycles. The predicted molar refractivity (Wildman–Crippen MR) is 125 cm³/mol.